The van der Waals surface area contributed by atoms with E-state index in [2.05, 4.69) is 0 Å². The lowest BCUT2D eigenvalue weighted by atomic mass is 10.1. The Labute approximate surface area is 83.4 Å². The van der Waals surface area contributed by atoms with Crippen molar-refractivity contribution in [2.24, 2.45) is 0 Å². The molecule has 0 radical (unpaired) electrons. The van der Waals surface area contributed by atoms with Crippen molar-refractivity contribution in [1.82, 2.24) is 0 Å². The van der Waals surface area contributed by atoms with Gasteiger partial charge in [0.2, 0.25) is 0 Å². The quantitative estimate of drug-likeness (QED) is 0.731. The van der Waals surface area contributed by atoms with Gasteiger partial charge in [0.25, 0.3) is 0 Å². The van der Waals surface area contributed by atoms with E-state index < -0.39 is 0 Å². The molecule has 1 aromatic carbocycles. The first-order chi connectivity index (χ1) is 6.11. The third-order valence-electron chi connectivity index (χ3n) is 2.01. The van der Waals surface area contributed by atoms with Crippen LogP contribution in [0.4, 0.5) is 0 Å². The van der Waals surface area contributed by atoms with Gasteiger partial charge >= 0.3 is 0 Å². The zero-order valence-corrected chi connectivity index (χ0v) is 9.03. The van der Waals surface area contributed by atoms with E-state index in [0.717, 1.165) is 21.9 Å². The molecule has 2 nitrogen and oxygen atoms in total. The van der Waals surface area contributed by atoms with Gasteiger partial charge in [0, 0.05) is 5.56 Å². The monoisotopic (exact) mass is 200 g/mol. The Kier molecular flexibility index (Phi) is 3.04. The normalized spacial score (nSPS) is 9.92. The molecule has 0 aliphatic rings. The fourth-order valence-electron chi connectivity index (χ4n) is 1.31. The summed E-state index contributed by atoms with van der Waals surface area (Å²) in [6, 6.07) is 1.87. The summed E-state index contributed by atoms with van der Waals surface area (Å²) in [6.45, 7) is 3.86. The molecule has 0 bridgehead atoms. The largest absolute Gasteiger partial charge is 0.493 e. The average Bonchev–Trinajstić information content (AvgIpc) is 2.13. The van der Waals surface area contributed by atoms with E-state index >= 15 is 0 Å². The van der Waals surface area contributed by atoms with Gasteiger partial charge in [0.05, 0.1) is 19.2 Å². The van der Waals surface area contributed by atoms with E-state index in [9.17, 15) is 0 Å². The highest BCUT2D eigenvalue weighted by Crippen LogP contribution is 2.37. The molecule has 0 aromatic heterocycles. The summed E-state index contributed by atoms with van der Waals surface area (Å²) in [4.78, 5) is 0. The van der Waals surface area contributed by atoms with Crippen molar-refractivity contribution >= 4 is 11.6 Å². The molecule has 1 aromatic rings. The van der Waals surface area contributed by atoms with Gasteiger partial charge in [0.1, 0.15) is 0 Å². The van der Waals surface area contributed by atoms with Crippen LogP contribution in [-0.4, -0.2) is 14.2 Å². The summed E-state index contributed by atoms with van der Waals surface area (Å²) in [6.07, 6.45) is 0. The van der Waals surface area contributed by atoms with E-state index in [4.69, 9.17) is 21.1 Å². The van der Waals surface area contributed by atoms with Crippen molar-refractivity contribution in [1.29, 1.82) is 0 Å². The lowest BCUT2D eigenvalue weighted by Gasteiger charge is -2.13. The van der Waals surface area contributed by atoms with Gasteiger partial charge in [-0.1, -0.05) is 11.6 Å². The first kappa shape index (κ1) is 10.2. The second-order valence-electron chi connectivity index (χ2n) is 2.87. The van der Waals surface area contributed by atoms with E-state index in [1.165, 1.54) is 0 Å². The molecule has 0 aliphatic heterocycles. The zero-order valence-electron chi connectivity index (χ0n) is 8.27. The minimum absolute atomic E-state index is 0.707. The highest BCUT2D eigenvalue weighted by molar-refractivity contribution is 6.32. The number of hydrogen-bond acceptors (Lipinski definition) is 2. The van der Waals surface area contributed by atoms with Crippen molar-refractivity contribution in [3.05, 3.63) is 22.2 Å². The van der Waals surface area contributed by atoms with Gasteiger partial charge < -0.3 is 9.47 Å². The van der Waals surface area contributed by atoms with Crippen molar-refractivity contribution in [3.8, 4) is 11.5 Å². The van der Waals surface area contributed by atoms with E-state index in [-0.39, 0.29) is 0 Å². The molecular formula is C10H13ClO2. The van der Waals surface area contributed by atoms with Gasteiger partial charge in [-0.05, 0) is 25.5 Å². The Morgan fingerprint density at radius 2 is 1.77 bits per heavy atom. The van der Waals surface area contributed by atoms with Crippen LogP contribution < -0.4 is 9.47 Å². The van der Waals surface area contributed by atoms with Crippen LogP contribution in [-0.2, 0) is 0 Å². The maximum absolute atomic E-state index is 6.05. The van der Waals surface area contributed by atoms with E-state index in [0.29, 0.717) is 5.75 Å². The van der Waals surface area contributed by atoms with Crippen molar-refractivity contribution in [3.63, 3.8) is 0 Å². The Bertz CT molecular complexity index is 321. The Balaban J connectivity index is 3.39. The Hall–Kier alpha value is -0.890. The Morgan fingerprint density at radius 3 is 2.23 bits per heavy atom. The van der Waals surface area contributed by atoms with Crippen LogP contribution in [0.2, 0.25) is 5.02 Å². The molecule has 72 valence electrons. The summed E-state index contributed by atoms with van der Waals surface area (Å²) < 4.78 is 10.4. The number of ether oxygens (including phenoxy) is 2. The summed E-state index contributed by atoms with van der Waals surface area (Å²) in [7, 11) is 3.22. The second kappa shape index (κ2) is 3.88. The molecule has 3 heteroatoms. The first-order valence-electron chi connectivity index (χ1n) is 3.99. The fraction of sp³-hybridized carbons (Fsp3) is 0.400. The number of hydrogen-bond donors (Lipinski definition) is 0. The lowest BCUT2D eigenvalue weighted by molar-refractivity contribution is 0.352. The highest BCUT2D eigenvalue weighted by atomic mass is 35.5. The van der Waals surface area contributed by atoms with Crippen LogP contribution in [0.3, 0.4) is 0 Å². The number of methoxy groups -OCH3 is 2. The standard InChI is InChI=1S/C10H13ClO2/c1-6-5-8(12-3)10(13-4)7(2)9(6)11/h5H,1-4H3. The average molecular weight is 201 g/mol. The fourth-order valence-corrected chi connectivity index (χ4v) is 1.45. The van der Waals surface area contributed by atoms with Crippen LogP contribution in [0.5, 0.6) is 11.5 Å². The summed E-state index contributed by atoms with van der Waals surface area (Å²) >= 11 is 6.05. The third kappa shape index (κ3) is 1.73. The summed E-state index contributed by atoms with van der Waals surface area (Å²) in [5, 5.41) is 0.734. The molecule has 0 saturated heterocycles. The molecule has 0 saturated carbocycles. The zero-order chi connectivity index (χ0) is 10.0. The van der Waals surface area contributed by atoms with Crippen LogP contribution in [0.1, 0.15) is 11.1 Å². The van der Waals surface area contributed by atoms with Gasteiger partial charge in [-0.15, -0.1) is 0 Å². The maximum Gasteiger partial charge on any atom is 0.165 e. The maximum atomic E-state index is 6.05. The minimum Gasteiger partial charge on any atom is -0.493 e. The van der Waals surface area contributed by atoms with Crippen LogP contribution in [0.15, 0.2) is 6.07 Å². The van der Waals surface area contributed by atoms with Crippen molar-refractivity contribution < 1.29 is 9.47 Å². The molecule has 0 atom stereocenters. The van der Waals surface area contributed by atoms with Gasteiger partial charge in [-0.2, -0.15) is 0 Å². The first-order valence-corrected chi connectivity index (χ1v) is 4.37. The minimum atomic E-state index is 0.707. The number of aryl methyl sites for hydroxylation is 1. The molecule has 13 heavy (non-hydrogen) atoms. The van der Waals surface area contributed by atoms with Crippen LogP contribution in [0.25, 0.3) is 0 Å². The van der Waals surface area contributed by atoms with Gasteiger partial charge in [-0.25, -0.2) is 0 Å². The summed E-state index contributed by atoms with van der Waals surface area (Å²) in [5.74, 6) is 1.43. The second-order valence-corrected chi connectivity index (χ2v) is 3.25. The molecule has 0 fully saturated rings. The molecule has 0 unspecified atom stereocenters. The van der Waals surface area contributed by atoms with E-state index in [1.807, 2.05) is 19.9 Å². The van der Waals surface area contributed by atoms with Crippen LogP contribution in [0, 0.1) is 13.8 Å². The topological polar surface area (TPSA) is 18.5 Å². The van der Waals surface area contributed by atoms with Gasteiger partial charge in [0.15, 0.2) is 11.5 Å². The third-order valence-corrected chi connectivity index (χ3v) is 2.59. The van der Waals surface area contributed by atoms with Crippen molar-refractivity contribution in [2.45, 2.75) is 13.8 Å². The molecule has 0 heterocycles. The SMILES string of the molecule is COc1cc(C)c(Cl)c(C)c1OC. The lowest BCUT2D eigenvalue weighted by Crippen LogP contribution is -1.95. The molecule has 0 spiro atoms. The smallest absolute Gasteiger partial charge is 0.165 e. The molecule has 0 amide bonds. The number of benzene rings is 1. The van der Waals surface area contributed by atoms with E-state index in [1.54, 1.807) is 14.2 Å². The predicted octanol–water partition coefficient (Wildman–Crippen LogP) is 2.97. The summed E-state index contributed by atoms with van der Waals surface area (Å²) in [5.41, 5.74) is 1.91. The molecular weight excluding hydrogens is 188 g/mol. The number of rotatable bonds is 2. The molecule has 0 N–H and O–H groups in total. The Morgan fingerprint density at radius 1 is 1.15 bits per heavy atom. The molecule has 1 rings (SSSR count). The number of halogens is 1. The highest BCUT2D eigenvalue weighted by Gasteiger charge is 2.12. The van der Waals surface area contributed by atoms with Crippen molar-refractivity contribution in [2.75, 3.05) is 14.2 Å². The van der Waals surface area contributed by atoms with Crippen LogP contribution >= 0.6 is 11.6 Å². The molecule has 0 aliphatic carbocycles. The predicted molar refractivity (Wildman–Crippen MR) is 54.0 cm³/mol. The van der Waals surface area contributed by atoms with Gasteiger partial charge in [-0.3, -0.25) is 0 Å².